The van der Waals surface area contributed by atoms with Gasteiger partial charge in [0.2, 0.25) is 5.91 Å². The van der Waals surface area contributed by atoms with Crippen LogP contribution in [0.4, 0.5) is 4.39 Å². The van der Waals surface area contributed by atoms with Crippen molar-refractivity contribution in [1.82, 2.24) is 5.32 Å². The number of rotatable bonds is 6. The Kier molecular flexibility index (Phi) is 6.28. The highest BCUT2D eigenvalue weighted by molar-refractivity contribution is 7.99. The summed E-state index contributed by atoms with van der Waals surface area (Å²) in [6, 6.07) is 12.6. The number of halogens is 2. The molecule has 0 fully saturated rings. The first-order valence-corrected chi connectivity index (χ1v) is 8.42. The predicted octanol–water partition coefficient (Wildman–Crippen LogP) is 4.34. The fourth-order valence-corrected chi connectivity index (χ4v) is 2.78. The third-order valence-electron chi connectivity index (χ3n) is 3.14. The summed E-state index contributed by atoms with van der Waals surface area (Å²) in [5.41, 5.74) is 2.50. The molecule has 2 aromatic carbocycles. The lowest BCUT2D eigenvalue weighted by molar-refractivity contribution is -0.118. The van der Waals surface area contributed by atoms with E-state index in [4.69, 9.17) is 11.6 Å². The molecule has 22 heavy (non-hydrogen) atoms. The van der Waals surface area contributed by atoms with Crippen LogP contribution in [0.1, 0.15) is 16.7 Å². The van der Waals surface area contributed by atoms with Gasteiger partial charge in [-0.05, 0) is 41.8 Å². The van der Waals surface area contributed by atoms with Gasteiger partial charge in [0.15, 0.2) is 0 Å². The number of thioether (sulfide) groups is 1. The second kappa shape index (κ2) is 8.20. The third-order valence-corrected chi connectivity index (χ3v) is 4.40. The van der Waals surface area contributed by atoms with Crippen molar-refractivity contribution in [3.8, 4) is 0 Å². The molecular weight excluding hydrogens is 321 g/mol. The van der Waals surface area contributed by atoms with Crippen molar-refractivity contribution in [2.75, 3.05) is 5.75 Å². The van der Waals surface area contributed by atoms with E-state index < -0.39 is 0 Å². The first kappa shape index (κ1) is 16.8. The average molecular weight is 338 g/mol. The standard InChI is InChI=1S/C17H17ClFNOS/c1-12-2-3-14(8-16(12)19)9-20-17(21)11-22-10-13-4-6-15(18)7-5-13/h2-8H,9-11H2,1H3,(H,20,21). The van der Waals surface area contributed by atoms with E-state index in [0.717, 1.165) is 16.9 Å². The van der Waals surface area contributed by atoms with Gasteiger partial charge in [-0.3, -0.25) is 4.79 Å². The zero-order valence-electron chi connectivity index (χ0n) is 12.2. The predicted molar refractivity (Wildman–Crippen MR) is 90.6 cm³/mol. The molecule has 0 radical (unpaired) electrons. The highest BCUT2D eigenvalue weighted by Crippen LogP contribution is 2.15. The molecule has 1 amide bonds. The molecule has 0 saturated carbocycles. The van der Waals surface area contributed by atoms with Crippen LogP contribution in [0.15, 0.2) is 42.5 Å². The summed E-state index contributed by atoms with van der Waals surface area (Å²) in [4.78, 5) is 11.8. The number of amides is 1. The maximum atomic E-state index is 13.4. The monoisotopic (exact) mass is 337 g/mol. The van der Waals surface area contributed by atoms with Crippen LogP contribution < -0.4 is 5.32 Å². The molecule has 0 saturated heterocycles. The van der Waals surface area contributed by atoms with Crippen molar-refractivity contribution >= 4 is 29.3 Å². The number of hydrogen-bond donors (Lipinski definition) is 1. The lowest BCUT2D eigenvalue weighted by Crippen LogP contribution is -2.24. The van der Waals surface area contributed by atoms with E-state index in [1.54, 1.807) is 13.0 Å². The van der Waals surface area contributed by atoms with Crippen LogP contribution in [-0.4, -0.2) is 11.7 Å². The van der Waals surface area contributed by atoms with Gasteiger partial charge in [0.1, 0.15) is 5.82 Å². The minimum atomic E-state index is -0.246. The Hall–Kier alpha value is -1.52. The van der Waals surface area contributed by atoms with E-state index in [1.165, 1.54) is 17.8 Å². The molecule has 5 heteroatoms. The Balaban J connectivity index is 1.71. The van der Waals surface area contributed by atoms with Crippen molar-refractivity contribution in [2.24, 2.45) is 0 Å². The number of carbonyl (C=O) groups excluding carboxylic acids is 1. The van der Waals surface area contributed by atoms with Gasteiger partial charge in [-0.1, -0.05) is 35.9 Å². The van der Waals surface area contributed by atoms with Crippen molar-refractivity contribution in [1.29, 1.82) is 0 Å². The molecule has 2 nitrogen and oxygen atoms in total. The van der Waals surface area contributed by atoms with Crippen LogP contribution in [0.3, 0.4) is 0 Å². The van der Waals surface area contributed by atoms with E-state index >= 15 is 0 Å². The van der Waals surface area contributed by atoms with Gasteiger partial charge in [0, 0.05) is 17.3 Å². The second-order valence-electron chi connectivity index (χ2n) is 4.98. The van der Waals surface area contributed by atoms with Gasteiger partial charge in [-0.25, -0.2) is 4.39 Å². The average Bonchev–Trinajstić information content (AvgIpc) is 2.50. The molecule has 0 aliphatic heterocycles. The topological polar surface area (TPSA) is 29.1 Å². The summed E-state index contributed by atoms with van der Waals surface area (Å²) in [5, 5.41) is 3.50. The van der Waals surface area contributed by atoms with Crippen LogP contribution in [0.2, 0.25) is 5.02 Å². The largest absolute Gasteiger partial charge is 0.351 e. The van der Waals surface area contributed by atoms with E-state index in [0.29, 0.717) is 22.9 Å². The second-order valence-corrected chi connectivity index (χ2v) is 6.40. The molecule has 0 aliphatic carbocycles. The first-order valence-electron chi connectivity index (χ1n) is 6.88. The quantitative estimate of drug-likeness (QED) is 0.849. The van der Waals surface area contributed by atoms with Gasteiger partial charge < -0.3 is 5.32 Å². The maximum Gasteiger partial charge on any atom is 0.230 e. The van der Waals surface area contributed by atoms with Crippen LogP contribution in [0.25, 0.3) is 0 Å². The zero-order chi connectivity index (χ0) is 15.9. The highest BCUT2D eigenvalue weighted by atomic mass is 35.5. The molecule has 0 aromatic heterocycles. The van der Waals surface area contributed by atoms with E-state index in [2.05, 4.69) is 5.32 Å². The summed E-state index contributed by atoms with van der Waals surface area (Å²) in [5.74, 6) is 0.824. The molecule has 0 spiro atoms. The number of nitrogens with one attached hydrogen (secondary N) is 1. The lowest BCUT2D eigenvalue weighted by atomic mass is 10.1. The van der Waals surface area contributed by atoms with E-state index in [1.807, 2.05) is 30.3 Å². The SMILES string of the molecule is Cc1ccc(CNC(=O)CSCc2ccc(Cl)cc2)cc1F. The minimum Gasteiger partial charge on any atom is -0.351 e. The summed E-state index contributed by atoms with van der Waals surface area (Å²) >= 11 is 7.35. The summed E-state index contributed by atoms with van der Waals surface area (Å²) in [6.07, 6.45) is 0. The van der Waals surface area contributed by atoms with Gasteiger partial charge in [0.25, 0.3) is 0 Å². The third kappa shape index (κ3) is 5.35. The van der Waals surface area contributed by atoms with Gasteiger partial charge in [-0.2, -0.15) is 0 Å². The Morgan fingerprint density at radius 2 is 1.86 bits per heavy atom. The number of benzene rings is 2. The minimum absolute atomic E-state index is 0.0556. The Morgan fingerprint density at radius 1 is 1.18 bits per heavy atom. The van der Waals surface area contributed by atoms with Crippen LogP contribution >= 0.6 is 23.4 Å². The maximum absolute atomic E-state index is 13.4. The van der Waals surface area contributed by atoms with Gasteiger partial charge >= 0.3 is 0 Å². The molecule has 0 unspecified atom stereocenters. The van der Waals surface area contributed by atoms with Gasteiger partial charge in [-0.15, -0.1) is 11.8 Å². The zero-order valence-corrected chi connectivity index (χ0v) is 13.8. The van der Waals surface area contributed by atoms with Crippen LogP contribution in [-0.2, 0) is 17.1 Å². The Morgan fingerprint density at radius 3 is 2.55 bits per heavy atom. The van der Waals surface area contributed by atoms with E-state index in [-0.39, 0.29) is 11.7 Å². The number of aryl methyl sites for hydroxylation is 1. The van der Waals surface area contributed by atoms with E-state index in [9.17, 15) is 9.18 Å². The molecule has 0 heterocycles. The molecule has 1 N–H and O–H groups in total. The lowest BCUT2D eigenvalue weighted by Gasteiger charge is -2.06. The van der Waals surface area contributed by atoms with Crippen molar-refractivity contribution < 1.29 is 9.18 Å². The Labute approximate surface area is 139 Å². The summed E-state index contributed by atoms with van der Waals surface area (Å²) in [7, 11) is 0. The fraction of sp³-hybridized carbons (Fsp3) is 0.235. The molecule has 0 aliphatic rings. The van der Waals surface area contributed by atoms with Crippen LogP contribution in [0.5, 0.6) is 0 Å². The smallest absolute Gasteiger partial charge is 0.230 e. The molecule has 0 atom stereocenters. The molecule has 2 rings (SSSR count). The van der Waals surface area contributed by atoms with Crippen molar-refractivity contribution in [3.63, 3.8) is 0 Å². The van der Waals surface area contributed by atoms with Crippen LogP contribution in [0, 0.1) is 12.7 Å². The molecule has 0 bridgehead atoms. The number of hydrogen-bond acceptors (Lipinski definition) is 2. The first-order chi connectivity index (χ1) is 10.5. The Bertz CT molecular complexity index is 646. The highest BCUT2D eigenvalue weighted by Gasteiger charge is 2.04. The van der Waals surface area contributed by atoms with Crippen molar-refractivity contribution in [2.45, 2.75) is 19.2 Å². The summed E-state index contributed by atoms with van der Waals surface area (Å²) < 4.78 is 13.4. The normalized spacial score (nSPS) is 10.5. The molecule has 116 valence electrons. The summed E-state index contributed by atoms with van der Waals surface area (Å²) in [6.45, 7) is 2.06. The number of carbonyl (C=O) groups is 1. The van der Waals surface area contributed by atoms with Crippen molar-refractivity contribution in [3.05, 3.63) is 70.0 Å². The van der Waals surface area contributed by atoms with Gasteiger partial charge in [0.05, 0.1) is 5.75 Å². The molecular formula is C17H17ClFNOS. The fourth-order valence-electron chi connectivity index (χ4n) is 1.84. The molecule has 2 aromatic rings.